The van der Waals surface area contributed by atoms with Gasteiger partial charge in [-0.1, -0.05) is 65.0 Å². The van der Waals surface area contributed by atoms with Crippen molar-refractivity contribution in [2.75, 3.05) is 18.9 Å². The summed E-state index contributed by atoms with van der Waals surface area (Å²) in [5.41, 5.74) is 7.18. The highest BCUT2D eigenvalue weighted by molar-refractivity contribution is 5.96. The molecule has 0 aliphatic rings. The number of carbonyl (C=O) groups is 3. The zero-order chi connectivity index (χ0) is 33.2. The zero-order valence-corrected chi connectivity index (χ0v) is 27.8. The number of carbonyl (C=O) groups excluding carboxylic acids is 3. The van der Waals surface area contributed by atoms with E-state index in [1.165, 1.54) is 30.6 Å². The quantitative estimate of drug-likeness (QED) is 0.0839. The lowest BCUT2D eigenvalue weighted by Crippen LogP contribution is -2.38. The molecule has 3 rings (SSSR count). The van der Waals surface area contributed by atoms with Gasteiger partial charge in [-0.3, -0.25) is 9.59 Å². The number of nitrogens with two attached hydrogens (primary N) is 1. The van der Waals surface area contributed by atoms with Gasteiger partial charge in [-0.15, -0.1) is 0 Å². The molecule has 0 heterocycles. The van der Waals surface area contributed by atoms with Crippen LogP contribution in [-0.4, -0.2) is 41.5 Å². The molecule has 2 N–H and O–H groups in total. The lowest BCUT2D eigenvalue weighted by atomic mass is 10.1. The highest BCUT2D eigenvalue weighted by Crippen LogP contribution is 2.19. The number of unbranched alkanes of at least 4 members (excludes halogenated alkanes) is 4. The van der Waals surface area contributed by atoms with E-state index in [0.29, 0.717) is 29.2 Å². The second kappa shape index (κ2) is 19.1. The Balaban J connectivity index is 0.00000226. The number of ether oxygens (including phenoxy) is 3. The minimum absolute atomic E-state index is 0.150. The third-order valence-corrected chi connectivity index (χ3v) is 6.30. The van der Waals surface area contributed by atoms with Crippen molar-refractivity contribution in [2.45, 2.75) is 92.2 Å². The molecule has 0 aromatic heterocycles. The van der Waals surface area contributed by atoms with E-state index in [9.17, 15) is 14.4 Å². The van der Waals surface area contributed by atoms with Gasteiger partial charge in [-0.2, -0.15) is 0 Å². The molecule has 1 amide bonds. The predicted molar refractivity (Wildman–Crippen MR) is 180 cm³/mol. The van der Waals surface area contributed by atoms with Gasteiger partial charge in [0, 0.05) is 17.8 Å². The minimum Gasteiger partial charge on any atom is -0.494 e. The normalized spacial score (nSPS) is 10.7. The molecule has 0 atom stereocenters. The summed E-state index contributed by atoms with van der Waals surface area (Å²) in [5.74, 6) is -0.255. The Morgan fingerprint density at radius 3 is 1.87 bits per heavy atom. The van der Waals surface area contributed by atoms with Gasteiger partial charge in [0.15, 0.2) is 0 Å². The lowest BCUT2D eigenvalue weighted by Gasteiger charge is -2.25. The second-order valence-electron chi connectivity index (χ2n) is 11.9. The van der Waals surface area contributed by atoms with Crippen LogP contribution in [0.3, 0.4) is 0 Å². The van der Waals surface area contributed by atoms with Crippen molar-refractivity contribution in [1.29, 1.82) is 0 Å². The molecule has 0 bridgehead atoms. The third kappa shape index (κ3) is 14.3. The fourth-order valence-corrected chi connectivity index (χ4v) is 4.17. The number of rotatable bonds is 14. The molecule has 0 spiro atoms. The standard InChI is InChI=1S/C34H42N2O6.C3H8/c1-5-6-7-8-9-22-40-29-20-14-27(15-21-29)33(39)41-30-18-10-25(11-19-30)23-36(24-31(37)42-34(2,3)4)32(38)26-12-16-28(35)17-13-26;1-3-2/h10-21H,5-9,22-24,35H2,1-4H3;3H2,1-2H3. The van der Waals surface area contributed by atoms with Gasteiger partial charge in [0.2, 0.25) is 0 Å². The Hall–Kier alpha value is -4.33. The van der Waals surface area contributed by atoms with Gasteiger partial charge < -0.3 is 24.8 Å². The van der Waals surface area contributed by atoms with Crippen LogP contribution in [0.15, 0.2) is 72.8 Å². The van der Waals surface area contributed by atoms with Crippen LogP contribution < -0.4 is 15.2 Å². The second-order valence-corrected chi connectivity index (χ2v) is 11.9. The van der Waals surface area contributed by atoms with Crippen LogP contribution in [0, 0.1) is 0 Å². The maximum atomic E-state index is 13.3. The molecule has 8 heteroatoms. The maximum absolute atomic E-state index is 13.3. The molecular weight excluding hydrogens is 568 g/mol. The molecule has 0 saturated heterocycles. The molecule has 244 valence electrons. The van der Waals surface area contributed by atoms with Crippen molar-refractivity contribution in [1.82, 2.24) is 4.90 Å². The summed E-state index contributed by atoms with van der Waals surface area (Å²) < 4.78 is 16.7. The van der Waals surface area contributed by atoms with Gasteiger partial charge in [-0.05, 0) is 93.4 Å². The Morgan fingerprint density at radius 1 is 0.733 bits per heavy atom. The number of benzene rings is 3. The number of nitrogen functional groups attached to an aromatic ring is 1. The number of nitrogens with zero attached hydrogens (tertiary/aromatic N) is 1. The van der Waals surface area contributed by atoms with Crippen LogP contribution in [-0.2, 0) is 16.1 Å². The van der Waals surface area contributed by atoms with Crippen LogP contribution >= 0.6 is 0 Å². The van der Waals surface area contributed by atoms with Crippen molar-refractivity contribution >= 4 is 23.5 Å². The molecule has 0 saturated carbocycles. The first kappa shape index (κ1) is 36.9. The predicted octanol–water partition coefficient (Wildman–Crippen LogP) is 8.24. The molecule has 0 aliphatic carbocycles. The van der Waals surface area contributed by atoms with E-state index < -0.39 is 17.5 Å². The highest BCUT2D eigenvalue weighted by Gasteiger charge is 2.23. The van der Waals surface area contributed by atoms with Crippen molar-refractivity contribution in [3.8, 4) is 11.5 Å². The van der Waals surface area contributed by atoms with Crippen LogP contribution in [0.4, 0.5) is 5.69 Å². The van der Waals surface area contributed by atoms with Crippen molar-refractivity contribution in [3.05, 3.63) is 89.5 Å². The van der Waals surface area contributed by atoms with E-state index >= 15 is 0 Å². The summed E-state index contributed by atoms with van der Waals surface area (Å²) in [6.45, 7) is 12.3. The Bertz CT molecular complexity index is 1310. The Kier molecular flexibility index (Phi) is 15.7. The fraction of sp³-hybridized carbons (Fsp3) is 0.432. The number of anilines is 1. The van der Waals surface area contributed by atoms with Gasteiger partial charge in [0.1, 0.15) is 23.6 Å². The van der Waals surface area contributed by atoms with E-state index in [4.69, 9.17) is 19.9 Å². The van der Waals surface area contributed by atoms with Crippen LogP contribution in [0.5, 0.6) is 11.5 Å². The van der Waals surface area contributed by atoms with E-state index in [-0.39, 0.29) is 19.0 Å². The van der Waals surface area contributed by atoms with Gasteiger partial charge in [0.05, 0.1) is 12.2 Å². The molecule has 0 fully saturated rings. The molecule has 45 heavy (non-hydrogen) atoms. The lowest BCUT2D eigenvalue weighted by molar-refractivity contribution is -0.155. The van der Waals surface area contributed by atoms with Crippen molar-refractivity contribution in [2.24, 2.45) is 0 Å². The largest absolute Gasteiger partial charge is 0.494 e. The summed E-state index contributed by atoms with van der Waals surface area (Å²) in [4.78, 5) is 39.9. The monoisotopic (exact) mass is 618 g/mol. The SMILES string of the molecule is CCC.CCCCCCCOc1ccc(C(=O)Oc2ccc(CN(CC(=O)OC(C)(C)C)C(=O)c3ccc(N)cc3)cc2)cc1. The van der Waals surface area contributed by atoms with Gasteiger partial charge in [-0.25, -0.2) is 4.79 Å². The van der Waals surface area contributed by atoms with E-state index in [0.717, 1.165) is 24.2 Å². The number of hydrogen-bond acceptors (Lipinski definition) is 7. The molecular formula is C37H50N2O6. The Morgan fingerprint density at radius 2 is 1.29 bits per heavy atom. The van der Waals surface area contributed by atoms with E-state index in [2.05, 4.69) is 20.8 Å². The van der Waals surface area contributed by atoms with E-state index in [1.54, 1.807) is 93.6 Å². The Labute approximate surface area is 268 Å². The topological polar surface area (TPSA) is 108 Å². The minimum atomic E-state index is -0.681. The first-order valence-electron chi connectivity index (χ1n) is 15.9. The average molecular weight is 619 g/mol. The van der Waals surface area contributed by atoms with Gasteiger partial charge >= 0.3 is 11.9 Å². The summed E-state index contributed by atoms with van der Waals surface area (Å²) in [6, 6.07) is 20.2. The summed E-state index contributed by atoms with van der Waals surface area (Å²) in [5, 5.41) is 0. The number of amides is 1. The van der Waals surface area contributed by atoms with Crippen molar-refractivity contribution < 1.29 is 28.6 Å². The summed E-state index contributed by atoms with van der Waals surface area (Å²) in [6.07, 6.45) is 7.09. The van der Waals surface area contributed by atoms with Crippen LogP contribution in [0.25, 0.3) is 0 Å². The van der Waals surface area contributed by atoms with Gasteiger partial charge in [0.25, 0.3) is 5.91 Å². The molecule has 3 aromatic carbocycles. The number of esters is 2. The first-order chi connectivity index (χ1) is 21.4. The van der Waals surface area contributed by atoms with Crippen LogP contribution in [0.2, 0.25) is 0 Å². The molecule has 8 nitrogen and oxygen atoms in total. The van der Waals surface area contributed by atoms with E-state index in [1.807, 2.05) is 0 Å². The average Bonchev–Trinajstić information content (AvgIpc) is 2.99. The molecule has 0 unspecified atom stereocenters. The summed E-state index contributed by atoms with van der Waals surface area (Å²) >= 11 is 0. The zero-order valence-electron chi connectivity index (χ0n) is 27.8. The smallest absolute Gasteiger partial charge is 0.343 e. The van der Waals surface area contributed by atoms with Crippen LogP contribution in [0.1, 0.15) is 106 Å². The fourth-order valence-electron chi connectivity index (χ4n) is 4.17. The highest BCUT2D eigenvalue weighted by atomic mass is 16.6. The maximum Gasteiger partial charge on any atom is 0.343 e. The first-order valence-corrected chi connectivity index (χ1v) is 15.9. The third-order valence-electron chi connectivity index (χ3n) is 6.30. The summed E-state index contributed by atoms with van der Waals surface area (Å²) in [7, 11) is 0. The molecule has 0 radical (unpaired) electrons. The molecule has 3 aromatic rings. The number of hydrogen-bond donors (Lipinski definition) is 1. The molecule has 0 aliphatic heterocycles. The van der Waals surface area contributed by atoms with Crippen molar-refractivity contribution in [3.63, 3.8) is 0 Å².